The quantitative estimate of drug-likeness (QED) is 0.708. The summed E-state index contributed by atoms with van der Waals surface area (Å²) in [5, 5.41) is 4.46. The fourth-order valence-electron chi connectivity index (χ4n) is 2.43. The molecule has 3 rings (SSSR count). The standard InChI is InChI=1S/C17H15ClN2O/c1-10-3-6-15(11(2)7-10)20-17(21)14-9-19-16-8-12(18)4-5-13(14)16/h3-9,19H,1-2H3,(H,20,21). The lowest BCUT2D eigenvalue weighted by Gasteiger charge is -2.08. The lowest BCUT2D eigenvalue weighted by molar-refractivity contribution is 0.102. The second kappa shape index (κ2) is 5.26. The SMILES string of the molecule is Cc1ccc(NC(=O)c2c[nH]c3cc(Cl)ccc23)c(C)c1. The number of hydrogen-bond donors (Lipinski definition) is 2. The monoisotopic (exact) mass is 298 g/mol. The first-order valence-corrected chi connectivity index (χ1v) is 7.07. The Morgan fingerprint density at radius 2 is 1.95 bits per heavy atom. The zero-order valence-corrected chi connectivity index (χ0v) is 12.6. The average Bonchev–Trinajstić information content (AvgIpc) is 2.84. The third-order valence-electron chi connectivity index (χ3n) is 3.52. The summed E-state index contributed by atoms with van der Waals surface area (Å²) in [5.74, 6) is -0.129. The molecule has 1 aromatic heterocycles. The summed E-state index contributed by atoms with van der Waals surface area (Å²) < 4.78 is 0. The van der Waals surface area contributed by atoms with Crippen LogP contribution < -0.4 is 5.32 Å². The van der Waals surface area contributed by atoms with E-state index in [4.69, 9.17) is 11.6 Å². The lowest BCUT2D eigenvalue weighted by atomic mass is 10.1. The predicted molar refractivity (Wildman–Crippen MR) is 87.2 cm³/mol. The zero-order valence-electron chi connectivity index (χ0n) is 11.8. The van der Waals surface area contributed by atoms with Crippen molar-refractivity contribution in [3.63, 3.8) is 0 Å². The van der Waals surface area contributed by atoms with E-state index in [0.717, 1.165) is 22.2 Å². The van der Waals surface area contributed by atoms with Crippen LogP contribution in [0.15, 0.2) is 42.6 Å². The number of amides is 1. The number of anilines is 1. The maximum Gasteiger partial charge on any atom is 0.257 e. The maximum atomic E-state index is 12.4. The summed E-state index contributed by atoms with van der Waals surface area (Å²) in [6.45, 7) is 4.01. The number of halogens is 1. The second-order valence-electron chi connectivity index (χ2n) is 5.16. The van der Waals surface area contributed by atoms with Gasteiger partial charge in [0, 0.05) is 27.8 Å². The van der Waals surface area contributed by atoms with Crippen molar-refractivity contribution >= 4 is 34.1 Å². The Morgan fingerprint density at radius 3 is 2.71 bits per heavy atom. The number of nitrogens with one attached hydrogen (secondary N) is 2. The summed E-state index contributed by atoms with van der Waals surface area (Å²) in [5.41, 5.74) is 4.52. The molecule has 0 saturated carbocycles. The van der Waals surface area contributed by atoms with Crippen molar-refractivity contribution < 1.29 is 4.79 Å². The number of carbonyl (C=O) groups is 1. The Morgan fingerprint density at radius 1 is 1.14 bits per heavy atom. The van der Waals surface area contributed by atoms with Crippen molar-refractivity contribution in [3.8, 4) is 0 Å². The number of fused-ring (bicyclic) bond motifs is 1. The fourth-order valence-corrected chi connectivity index (χ4v) is 2.60. The number of H-pyrrole nitrogens is 1. The van der Waals surface area contributed by atoms with Gasteiger partial charge in [0.2, 0.25) is 0 Å². The van der Waals surface area contributed by atoms with Crippen LogP contribution >= 0.6 is 11.6 Å². The van der Waals surface area contributed by atoms with Crippen molar-refractivity contribution in [3.05, 3.63) is 64.3 Å². The number of aromatic amines is 1. The minimum atomic E-state index is -0.129. The Labute approximate surface area is 127 Å². The molecule has 4 heteroatoms. The van der Waals surface area contributed by atoms with Gasteiger partial charge in [-0.3, -0.25) is 4.79 Å². The smallest absolute Gasteiger partial charge is 0.257 e. The fraction of sp³-hybridized carbons (Fsp3) is 0.118. The molecule has 0 radical (unpaired) electrons. The van der Waals surface area contributed by atoms with E-state index in [1.807, 2.05) is 44.2 Å². The summed E-state index contributed by atoms with van der Waals surface area (Å²) in [4.78, 5) is 15.5. The van der Waals surface area contributed by atoms with E-state index in [1.54, 1.807) is 12.3 Å². The molecule has 3 nitrogen and oxygen atoms in total. The molecular weight excluding hydrogens is 284 g/mol. The van der Waals surface area contributed by atoms with Crippen LogP contribution in [-0.2, 0) is 0 Å². The van der Waals surface area contributed by atoms with E-state index in [2.05, 4.69) is 10.3 Å². The van der Waals surface area contributed by atoms with E-state index in [-0.39, 0.29) is 5.91 Å². The molecule has 0 spiro atoms. The van der Waals surface area contributed by atoms with Gasteiger partial charge in [0.1, 0.15) is 0 Å². The lowest BCUT2D eigenvalue weighted by Crippen LogP contribution is -2.12. The van der Waals surface area contributed by atoms with Gasteiger partial charge in [-0.15, -0.1) is 0 Å². The first-order valence-electron chi connectivity index (χ1n) is 6.70. The largest absolute Gasteiger partial charge is 0.360 e. The van der Waals surface area contributed by atoms with Crippen LogP contribution in [0.25, 0.3) is 10.9 Å². The van der Waals surface area contributed by atoms with Crippen molar-refractivity contribution in [2.24, 2.45) is 0 Å². The topological polar surface area (TPSA) is 44.9 Å². The number of carbonyl (C=O) groups excluding carboxylic acids is 1. The molecule has 2 aromatic carbocycles. The molecule has 0 fully saturated rings. The molecule has 21 heavy (non-hydrogen) atoms. The number of benzene rings is 2. The molecule has 0 aliphatic carbocycles. The molecule has 1 amide bonds. The molecule has 0 bridgehead atoms. The van der Waals surface area contributed by atoms with E-state index >= 15 is 0 Å². The maximum absolute atomic E-state index is 12.4. The first kappa shape index (κ1) is 13.7. The van der Waals surface area contributed by atoms with Gasteiger partial charge in [0.15, 0.2) is 0 Å². The van der Waals surface area contributed by atoms with Crippen molar-refractivity contribution in [1.82, 2.24) is 4.98 Å². The van der Waals surface area contributed by atoms with Crippen molar-refractivity contribution in [2.45, 2.75) is 13.8 Å². The number of aryl methyl sites for hydroxylation is 2. The Balaban J connectivity index is 1.94. The highest BCUT2D eigenvalue weighted by Crippen LogP contribution is 2.24. The molecule has 0 aliphatic heterocycles. The van der Waals surface area contributed by atoms with E-state index in [0.29, 0.717) is 10.6 Å². The number of rotatable bonds is 2. The van der Waals surface area contributed by atoms with Gasteiger partial charge in [-0.1, -0.05) is 35.4 Å². The van der Waals surface area contributed by atoms with Gasteiger partial charge >= 0.3 is 0 Å². The van der Waals surface area contributed by atoms with Gasteiger partial charge in [-0.05, 0) is 37.6 Å². The van der Waals surface area contributed by atoms with Crippen LogP contribution in [0.3, 0.4) is 0 Å². The van der Waals surface area contributed by atoms with Gasteiger partial charge in [0.25, 0.3) is 5.91 Å². The normalized spacial score (nSPS) is 10.8. The first-order chi connectivity index (χ1) is 10.0. The molecule has 3 aromatic rings. The highest BCUT2D eigenvalue weighted by molar-refractivity contribution is 6.31. The van der Waals surface area contributed by atoms with Crippen LogP contribution in [0.5, 0.6) is 0 Å². The second-order valence-corrected chi connectivity index (χ2v) is 5.60. The van der Waals surface area contributed by atoms with Crippen LogP contribution in [0.1, 0.15) is 21.5 Å². The highest BCUT2D eigenvalue weighted by Gasteiger charge is 2.13. The summed E-state index contributed by atoms with van der Waals surface area (Å²) in [7, 11) is 0. The minimum absolute atomic E-state index is 0.129. The summed E-state index contributed by atoms with van der Waals surface area (Å²) in [6.07, 6.45) is 1.71. The number of aromatic nitrogens is 1. The van der Waals surface area contributed by atoms with Gasteiger partial charge in [-0.2, -0.15) is 0 Å². The van der Waals surface area contributed by atoms with E-state index < -0.39 is 0 Å². The Kier molecular flexibility index (Phi) is 3.43. The Bertz CT molecular complexity index is 836. The molecule has 1 heterocycles. The van der Waals surface area contributed by atoms with Crippen LogP contribution in [-0.4, -0.2) is 10.9 Å². The number of hydrogen-bond acceptors (Lipinski definition) is 1. The van der Waals surface area contributed by atoms with Gasteiger partial charge in [0.05, 0.1) is 5.56 Å². The van der Waals surface area contributed by atoms with Crippen molar-refractivity contribution in [2.75, 3.05) is 5.32 Å². The highest BCUT2D eigenvalue weighted by atomic mass is 35.5. The summed E-state index contributed by atoms with van der Waals surface area (Å²) >= 11 is 5.95. The van der Waals surface area contributed by atoms with E-state index in [9.17, 15) is 4.79 Å². The van der Waals surface area contributed by atoms with Crippen LogP contribution in [0.4, 0.5) is 5.69 Å². The molecular formula is C17H15ClN2O. The molecule has 2 N–H and O–H groups in total. The predicted octanol–water partition coefficient (Wildman–Crippen LogP) is 4.69. The third kappa shape index (κ3) is 2.65. The van der Waals surface area contributed by atoms with Crippen LogP contribution in [0.2, 0.25) is 5.02 Å². The molecule has 0 saturated heterocycles. The van der Waals surface area contributed by atoms with Crippen molar-refractivity contribution in [1.29, 1.82) is 0 Å². The molecule has 0 aliphatic rings. The van der Waals surface area contributed by atoms with Crippen LogP contribution in [0, 0.1) is 13.8 Å². The summed E-state index contributed by atoms with van der Waals surface area (Å²) in [6, 6.07) is 11.4. The van der Waals surface area contributed by atoms with Gasteiger partial charge < -0.3 is 10.3 Å². The minimum Gasteiger partial charge on any atom is -0.360 e. The third-order valence-corrected chi connectivity index (χ3v) is 3.75. The molecule has 106 valence electrons. The average molecular weight is 299 g/mol. The molecule has 0 atom stereocenters. The zero-order chi connectivity index (χ0) is 15.0. The van der Waals surface area contributed by atoms with E-state index in [1.165, 1.54) is 5.56 Å². The Hall–Kier alpha value is -2.26. The molecule has 0 unspecified atom stereocenters. The van der Waals surface area contributed by atoms with Gasteiger partial charge in [-0.25, -0.2) is 0 Å².